The van der Waals surface area contributed by atoms with Crippen LogP contribution >= 0.6 is 0 Å². The van der Waals surface area contributed by atoms with Gasteiger partial charge in [0.05, 0.1) is 10.6 Å². The number of hydrogen-bond acceptors (Lipinski definition) is 5. The van der Waals surface area contributed by atoms with Gasteiger partial charge in [0, 0.05) is 36.3 Å². The summed E-state index contributed by atoms with van der Waals surface area (Å²) in [5.41, 5.74) is 1.92. The van der Waals surface area contributed by atoms with Gasteiger partial charge in [0.2, 0.25) is 0 Å². The highest BCUT2D eigenvalue weighted by Crippen LogP contribution is 2.20. The van der Waals surface area contributed by atoms with Crippen LogP contribution in [0.3, 0.4) is 0 Å². The fraction of sp³-hybridized carbons (Fsp3) is 0.333. The third-order valence-corrected chi connectivity index (χ3v) is 3.23. The first-order valence-corrected chi connectivity index (χ1v) is 7.07. The van der Waals surface area contributed by atoms with Crippen LogP contribution in [-0.2, 0) is 13.1 Å². The van der Waals surface area contributed by atoms with Gasteiger partial charge in [-0.15, -0.1) is 0 Å². The fourth-order valence-corrected chi connectivity index (χ4v) is 2.17. The van der Waals surface area contributed by atoms with Crippen LogP contribution < -0.4 is 10.9 Å². The van der Waals surface area contributed by atoms with Crippen LogP contribution in [0.2, 0.25) is 0 Å². The zero-order chi connectivity index (χ0) is 16.1. The Bertz CT molecular complexity index is 692. The second kappa shape index (κ2) is 6.95. The van der Waals surface area contributed by atoms with E-state index >= 15 is 0 Å². The Morgan fingerprint density at radius 2 is 2.00 bits per heavy atom. The molecule has 0 bridgehead atoms. The van der Waals surface area contributed by atoms with Gasteiger partial charge in [0.15, 0.2) is 0 Å². The van der Waals surface area contributed by atoms with Crippen molar-refractivity contribution in [3.63, 3.8) is 0 Å². The van der Waals surface area contributed by atoms with Gasteiger partial charge in [-0.3, -0.25) is 14.9 Å². The Morgan fingerprint density at radius 1 is 1.32 bits per heavy atom. The zero-order valence-corrected chi connectivity index (χ0v) is 12.6. The molecule has 0 aliphatic rings. The molecule has 116 valence electrons. The molecule has 0 fully saturated rings. The SMILES string of the molecule is CCCn1nc(-c2ccc([N+](=O)[O-])cc2)cc(CNC)c1=O. The van der Waals surface area contributed by atoms with E-state index in [2.05, 4.69) is 10.4 Å². The van der Waals surface area contributed by atoms with Crippen molar-refractivity contribution in [2.75, 3.05) is 7.05 Å². The molecule has 0 aliphatic carbocycles. The maximum absolute atomic E-state index is 12.2. The van der Waals surface area contributed by atoms with E-state index in [0.717, 1.165) is 12.0 Å². The van der Waals surface area contributed by atoms with E-state index in [0.29, 0.717) is 24.3 Å². The Labute approximate surface area is 127 Å². The lowest BCUT2D eigenvalue weighted by molar-refractivity contribution is -0.384. The number of nitrogens with zero attached hydrogens (tertiary/aromatic N) is 3. The first kappa shape index (κ1) is 15.8. The summed E-state index contributed by atoms with van der Waals surface area (Å²) < 4.78 is 1.45. The van der Waals surface area contributed by atoms with E-state index in [4.69, 9.17) is 0 Å². The van der Waals surface area contributed by atoms with Gasteiger partial charge in [0.25, 0.3) is 11.2 Å². The molecule has 0 amide bonds. The van der Waals surface area contributed by atoms with E-state index in [9.17, 15) is 14.9 Å². The van der Waals surface area contributed by atoms with E-state index < -0.39 is 4.92 Å². The number of nitro benzene ring substituents is 1. The maximum atomic E-state index is 12.2. The summed E-state index contributed by atoms with van der Waals surface area (Å²) in [5.74, 6) is 0. The van der Waals surface area contributed by atoms with Crippen LogP contribution in [0, 0.1) is 10.1 Å². The first-order valence-electron chi connectivity index (χ1n) is 7.07. The Morgan fingerprint density at radius 3 is 2.55 bits per heavy atom. The molecule has 0 saturated heterocycles. The highest BCUT2D eigenvalue weighted by molar-refractivity contribution is 5.61. The van der Waals surface area contributed by atoms with Crippen molar-refractivity contribution in [3.05, 3.63) is 56.4 Å². The predicted octanol–water partition coefficient (Wildman–Crippen LogP) is 1.95. The average molecular weight is 302 g/mol. The van der Waals surface area contributed by atoms with Gasteiger partial charge in [-0.1, -0.05) is 6.92 Å². The van der Waals surface area contributed by atoms with Gasteiger partial charge < -0.3 is 5.32 Å². The summed E-state index contributed by atoms with van der Waals surface area (Å²) in [5, 5.41) is 18.0. The molecule has 0 radical (unpaired) electrons. The van der Waals surface area contributed by atoms with Gasteiger partial charge in [0.1, 0.15) is 0 Å². The molecule has 1 N–H and O–H groups in total. The summed E-state index contributed by atoms with van der Waals surface area (Å²) in [6, 6.07) is 7.88. The molecular weight excluding hydrogens is 284 g/mol. The number of hydrogen-bond donors (Lipinski definition) is 1. The second-order valence-electron chi connectivity index (χ2n) is 4.92. The molecule has 1 heterocycles. The summed E-state index contributed by atoms with van der Waals surface area (Å²) in [4.78, 5) is 22.5. The Kier molecular flexibility index (Phi) is 5.00. The van der Waals surface area contributed by atoms with Crippen molar-refractivity contribution in [2.45, 2.75) is 26.4 Å². The lowest BCUT2D eigenvalue weighted by Crippen LogP contribution is -2.28. The van der Waals surface area contributed by atoms with Crippen molar-refractivity contribution in [1.29, 1.82) is 0 Å². The fourth-order valence-electron chi connectivity index (χ4n) is 2.17. The topological polar surface area (TPSA) is 90.1 Å². The van der Waals surface area contributed by atoms with Gasteiger partial charge in [-0.2, -0.15) is 5.10 Å². The minimum Gasteiger partial charge on any atom is -0.315 e. The van der Waals surface area contributed by atoms with Crippen molar-refractivity contribution in [3.8, 4) is 11.3 Å². The third-order valence-electron chi connectivity index (χ3n) is 3.23. The molecule has 2 aromatic rings. The van der Waals surface area contributed by atoms with Crippen LogP contribution in [0.1, 0.15) is 18.9 Å². The molecule has 0 unspecified atom stereocenters. The molecule has 0 spiro atoms. The zero-order valence-electron chi connectivity index (χ0n) is 12.6. The number of aryl methyl sites for hydroxylation is 1. The molecule has 1 aromatic heterocycles. The summed E-state index contributed by atoms with van der Waals surface area (Å²) in [6.45, 7) is 2.96. The normalized spacial score (nSPS) is 10.6. The Balaban J connectivity index is 2.49. The quantitative estimate of drug-likeness (QED) is 0.650. The molecule has 7 nitrogen and oxygen atoms in total. The van der Waals surface area contributed by atoms with E-state index in [1.54, 1.807) is 25.2 Å². The number of nitrogens with one attached hydrogen (secondary N) is 1. The molecular formula is C15H18N4O3. The highest BCUT2D eigenvalue weighted by Gasteiger charge is 2.11. The van der Waals surface area contributed by atoms with Crippen molar-refractivity contribution < 1.29 is 4.92 Å². The summed E-state index contributed by atoms with van der Waals surface area (Å²) in [6.07, 6.45) is 0.801. The lowest BCUT2D eigenvalue weighted by atomic mass is 10.1. The standard InChI is InChI=1S/C15H18N4O3/c1-3-8-18-15(20)12(10-16-2)9-14(17-18)11-4-6-13(7-5-11)19(21)22/h4-7,9,16H,3,8,10H2,1-2H3. The van der Waals surface area contributed by atoms with Crippen molar-refractivity contribution in [1.82, 2.24) is 15.1 Å². The molecule has 0 saturated carbocycles. The average Bonchev–Trinajstić information content (AvgIpc) is 2.51. The van der Waals surface area contributed by atoms with E-state index in [1.807, 2.05) is 6.92 Å². The summed E-state index contributed by atoms with van der Waals surface area (Å²) >= 11 is 0. The number of non-ortho nitro benzene ring substituents is 1. The smallest absolute Gasteiger partial charge is 0.271 e. The van der Waals surface area contributed by atoms with Crippen LogP contribution in [0.4, 0.5) is 5.69 Å². The van der Waals surface area contributed by atoms with Crippen molar-refractivity contribution >= 4 is 5.69 Å². The van der Waals surface area contributed by atoms with Gasteiger partial charge >= 0.3 is 0 Å². The van der Waals surface area contributed by atoms with Gasteiger partial charge in [-0.05, 0) is 31.7 Å². The molecule has 2 rings (SSSR count). The minimum absolute atomic E-state index is 0.0288. The molecule has 0 atom stereocenters. The molecule has 0 aliphatic heterocycles. The maximum Gasteiger partial charge on any atom is 0.271 e. The first-order chi connectivity index (χ1) is 10.6. The molecule has 7 heteroatoms. The Hall–Kier alpha value is -2.54. The minimum atomic E-state index is -0.443. The number of nitro groups is 1. The van der Waals surface area contributed by atoms with E-state index in [-0.39, 0.29) is 11.2 Å². The van der Waals surface area contributed by atoms with Gasteiger partial charge in [-0.25, -0.2) is 4.68 Å². The monoisotopic (exact) mass is 302 g/mol. The number of benzene rings is 1. The van der Waals surface area contributed by atoms with Crippen LogP contribution in [-0.4, -0.2) is 21.8 Å². The number of rotatable bonds is 6. The largest absolute Gasteiger partial charge is 0.315 e. The molecule has 1 aromatic carbocycles. The molecule has 22 heavy (non-hydrogen) atoms. The van der Waals surface area contributed by atoms with Crippen LogP contribution in [0.5, 0.6) is 0 Å². The predicted molar refractivity (Wildman–Crippen MR) is 83.6 cm³/mol. The van der Waals surface area contributed by atoms with Crippen molar-refractivity contribution in [2.24, 2.45) is 0 Å². The number of aromatic nitrogens is 2. The lowest BCUT2D eigenvalue weighted by Gasteiger charge is -2.10. The third kappa shape index (κ3) is 3.37. The highest BCUT2D eigenvalue weighted by atomic mass is 16.6. The summed E-state index contributed by atoms with van der Waals surface area (Å²) in [7, 11) is 1.77. The van der Waals surface area contributed by atoms with Crippen LogP contribution in [0.15, 0.2) is 35.1 Å². The van der Waals surface area contributed by atoms with E-state index in [1.165, 1.54) is 16.8 Å². The van der Waals surface area contributed by atoms with Crippen LogP contribution in [0.25, 0.3) is 11.3 Å². The second-order valence-corrected chi connectivity index (χ2v) is 4.92.